The third-order valence-electron chi connectivity index (χ3n) is 4.43. The number of allylic oxidation sites excluding steroid dienone is 1. The van der Waals surface area contributed by atoms with Crippen molar-refractivity contribution >= 4 is 18.0 Å². The monoisotopic (exact) mass is 478 g/mol. The lowest BCUT2D eigenvalue weighted by molar-refractivity contribution is -0.148. The van der Waals surface area contributed by atoms with Gasteiger partial charge in [-0.25, -0.2) is 9.59 Å². The maximum Gasteiger partial charge on any atom is 0.345 e. The average Bonchev–Trinajstić information content (AvgIpc) is 2.82. The highest BCUT2D eigenvalue weighted by Gasteiger charge is 2.22. The molecular weight excluding hydrogens is 444 g/mol. The van der Waals surface area contributed by atoms with Gasteiger partial charge in [-0.15, -0.1) is 0 Å². The number of carbonyl (C=O) groups is 2. The van der Waals surface area contributed by atoms with E-state index in [9.17, 15) is 9.59 Å². The molecule has 0 saturated carbocycles. The Labute approximate surface area is 200 Å². The second kappa shape index (κ2) is 16.8. The molecule has 0 radical (unpaired) electrons. The number of ether oxygens (including phenoxy) is 7. The first-order valence-electron chi connectivity index (χ1n) is 11.3. The van der Waals surface area contributed by atoms with E-state index in [4.69, 9.17) is 33.2 Å². The third kappa shape index (κ3) is 11.4. The van der Waals surface area contributed by atoms with Crippen LogP contribution in [0.5, 0.6) is 5.75 Å². The van der Waals surface area contributed by atoms with Crippen molar-refractivity contribution in [3.8, 4) is 5.75 Å². The van der Waals surface area contributed by atoms with Crippen LogP contribution in [0.15, 0.2) is 41.5 Å². The van der Waals surface area contributed by atoms with E-state index < -0.39 is 11.9 Å². The summed E-state index contributed by atoms with van der Waals surface area (Å²) in [6, 6.07) is 7.10. The molecule has 1 saturated heterocycles. The van der Waals surface area contributed by atoms with Crippen LogP contribution in [0.2, 0.25) is 0 Å². The van der Waals surface area contributed by atoms with E-state index in [1.54, 1.807) is 18.2 Å². The summed E-state index contributed by atoms with van der Waals surface area (Å²) in [7, 11) is 0. The van der Waals surface area contributed by atoms with Gasteiger partial charge in [-0.2, -0.15) is 0 Å². The molecule has 1 aliphatic heterocycles. The van der Waals surface area contributed by atoms with Gasteiger partial charge < -0.3 is 33.2 Å². The highest BCUT2D eigenvalue weighted by Crippen LogP contribution is 2.22. The van der Waals surface area contributed by atoms with Crippen LogP contribution in [-0.4, -0.2) is 84.6 Å². The zero-order valence-corrected chi connectivity index (χ0v) is 19.9. The SMILES string of the molecule is CC(C)=CCOc1ccccc1C=C1C(=O)OCCOCCOCCOCCOCCOC1=O. The van der Waals surface area contributed by atoms with Crippen LogP contribution in [0.4, 0.5) is 0 Å². The minimum Gasteiger partial charge on any atom is -0.489 e. The molecule has 0 spiro atoms. The van der Waals surface area contributed by atoms with Crippen molar-refractivity contribution in [3.63, 3.8) is 0 Å². The van der Waals surface area contributed by atoms with Gasteiger partial charge in [0.15, 0.2) is 0 Å². The van der Waals surface area contributed by atoms with Gasteiger partial charge in [0.25, 0.3) is 0 Å². The van der Waals surface area contributed by atoms with E-state index in [0.29, 0.717) is 57.6 Å². The number of esters is 2. The number of benzene rings is 1. The lowest BCUT2D eigenvalue weighted by Gasteiger charge is -2.11. The summed E-state index contributed by atoms with van der Waals surface area (Å²) in [5, 5.41) is 0. The highest BCUT2D eigenvalue weighted by molar-refractivity contribution is 6.17. The van der Waals surface area contributed by atoms with Crippen LogP contribution in [0.3, 0.4) is 0 Å². The molecule has 0 N–H and O–H groups in total. The van der Waals surface area contributed by atoms with E-state index in [-0.39, 0.29) is 32.0 Å². The molecule has 0 amide bonds. The van der Waals surface area contributed by atoms with Crippen LogP contribution in [0, 0.1) is 0 Å². The predicted octanol–water partition coefficient (Wildman–Crippen LogP) is 2.58. The molecule has 1 heterocycles. The average molecular weight is 479 g/mol. The standard InChI is InChI=1S/C25H34O9/c1-20(2)7-8-32-23-6-4-3-5-21(23)19-22-24(26)33-17-15-30-13-11-28-9-10-29-12-14-31-16-18-34-25(22)27/h3-7,19H,8-18H2,1-2H3. The molecule has 0 unspecified atom stereocenters. The number of hydrogen-bond acceptors (Lipinski definition) is 9. The van der Waals surface area contributed by atoms with Gasteiger partial charge in [-0.1, -0.05) is 23.8 Å². The molecule has 0 aliphatic carbocycles. The molecule has 9 heteroatoms. The highest BCUT2D eigenvalue weighted by atomic mass is 16.6. The summed E-state index contributed by atoms with van der Waals surface area (Å²) >= 11 is 0. The fourth-order valence-corrected chi connectivity index (χ4v) is 2.69. The van der Waals surface area contributed by atoms with Crippen LogP contribution in [-0.2, 0) is 38.0 Å². The quantitative estimate of drug-likeness (QED) is 0.280. The van der Waals surface area contributed by atoms with Gasteiger partial charge in [0.1, 0.15) is 31.1 Å². The van der Waals surface area contributed by atoms with Crippen molar-refractivity contribution in [2.24, 2.45) is 0 Å². The second-order valence-electron chi connectivity index (χ2n) is 7.41. The Hall–Kier alpha value is -2.72. The van der Waals surface area contributed by atoms with E-state index in [1.807, 2.05) is 26.0 Å². The fraction of sp³-hybridized carbons (Fsp3) is 0.520. The van der Waals surface area contributed by atoms with Crippen LogP contribution in [0.1, 0.15) is 19.4 Å². The number of cyclic esters (lactones) is 2. The molecule has 34 heavy (non-hydrogen) atoms. The Kier molecular flexibility index (Phi) is 13.6. The smallest absolute Gasteiger partial charge is 0.345 e. The van der Waals surface area contributed by atoms with Crippen molar-refractivity contribution in [1.82, 2.24) is 0 Å². The number of hydrogen-bond donors (Lipinski definition) is 0. The molecule has 9 nitrogen and oxygen atoms in total. The second-order valence-corrected chi connectivity index (χ2v) is 7.41. The third-order valence-corrected chi connectivity index (χ3v) is 4.43. The van der Waals surface area contributed by atoms with Gasteiger partial charge in [0.2, 0.25) is 0 Å². The minimum atomic E-state index is -0.809. The molecule has 0 aromatic heterocycles. The zero-order chi connectivity index (χ0) is 24.4. The Morgan fingerprint density at radius 1 is 0.765 bits per heavy atom. The molecule has 0 atom stereocenters. The maximum atomic E-state index is 12.7. The summed E-state index contributed by atoms with van der Waals surface area (Å²) in [5.41, 5.74) is 1.42. The molecule has 0 bridgehead atoms. The molecular formula is C25H34O9. The summed E-state index contributed by atoms with van der Waals surface area (Å²) in [4.78, 5) is 25.4. The lowest BCUT2D eigenvalue weighted by Crippen LogP contribution is -2.22. The van der Waals surface area contributed by atoms with E-state index in [2.05, 4.69) is 0 Å². The van der Waals surface area contributed by atoms with Crippen molar-refractivity contribution < 1.29 is 42.7 Å². The molecule has 188 valence electrons. The largest absolute Gasteiger partial charge is 0.489 e. The number of rotatable bonds is 4. The normalized spacial score (nSPS) is 17.9. The number of carbonyl (C=O) groups excluding carboxylic acids is 2. The van der Waals surface area contributed by atoms with Crippen molar-refractivity contribution in [2.75, 3.05) is 72.7 Å². The Bertz CT molecular complexity index is 780. The van der Waals surface area contributed by atoms with E-state index >= 15 is 0 Å². The van der Waals surface area contributed by atoms with Crippen LogP contribution < -0.4 is 4.74 Å². The van der Waals surface area contributed by atoms with E-state index in [0.717, 1.165) is 5.57 Å². The molecule has 1 aromatic carbocycles. The summed E-state index contributed by atoms with van der Waals surface area (Å²) in [5.74, 6) is -1.09. The molecule has 1 aromatic rings. The summed E-state index contributed by atoms with van der Waals surface area (Å²) in [6.45, 7) is 7.00. The van der Waals surface area contributed by atoms with Crippen LogP contribution in [0.25, 0.3) is 6.08 Å². The zero-order valence-electron chi connectivity index (χ0n) is 19.9. The van der Waals surface area contributed by atoms with Gasteiger partial charge in [0.05, 0.1) is 52.9 Å². The van der Waals surface area contributed by atoms with Crippen molar-refractivity contribution in [2.45, 2.75) is 13.8 Å². The summed E-state index contributed by atoms with van der Waals surface area (Å²) < 4.78 is 37.8. The number of para-hydroxylation sites is 1. The van der Waals surface area contributed by atoms with Gasteiger partial charge >= 0.3 is 11.9 Å². The Morgan fingerprint density at radius 3 is 1.74 bits per heavy atom. The lowest BCUT2D eigenvalue weighted by atomic mass is 10.1. The van der Waals surface area contributed by atoms with E-state index in [1.165, 1.54) is 6.08 Å². The fourth-order valence-electron chi connectivity index (χ4n) is 2.69. The molecule has 2 rings (SSSR count). The Balaban J connectivity index is 2.12. The van der Waals surface area contributed by atoms with Crippen molar-refractivity contribution in [1.29, 1.82) is 0 Å². The van der Waals surface area contributed by atoms with Gasteiger partial charge in [-0.3, -0.25) is 0 Å². The minimum absolute atomic E-state index is 0.0195. The van der Waals surface area contributed by atoms with Crippen molar-refractivity contribution in [3.05, 3.63) is 47.1 Å². The Morgan fingerprint density at radius 2 is 1.24 bits per heavy atom. The van der Waals surface area contributed by atoms with Crippen LogP contribution >= 0.6 is 0 Å². The topological polar surface area (TPSA) is 98.8 Å². The first-order valence-corrected chi connectivity index (χ1v) is 11.3. The first kappa shape index (κ1) is 27.5. The predicted molar refractivity (Wildman–Crippen MR) is 125 cm³/mol. The molecule has 1 aliphatic rings. The maximum absolute atomic E-state index is 12.7. The summed E-state index contributed by atoms with van der Waals surface area (Å²) in [6.07, 6.45) is 3.34. The van der Waals surface area contributed by atoms with Gasteiger partial charge in [0, 0.05) is 5.56 Å². The first-order chi connectivity index (χ1) is 16.6. The molecule has 1 fully saturated rings. The van der Waals surface area contributed by atoms with Gasteiger partial charge in [-0.05, 0) is 32.1 Å².